The smallest absolute Gasteiger partial charge is 0.256 e. The van der Waals surface area contributed by atoms with Gasteiger partial charge in [0.05, 0.1) is 0 Å². The molecule has 6 heavy (non-hydrogen) atoms. The Morgan fingerprint density at radius 1 is 1.17 bits per heavy atom. The van der Waals surface area contributed by atoms with Crippen molar-refractivity contribution >= 4 is 0 Å². The average Bonchev–Trinajstić information content (AvgIpc) is 0.722. The fraction of sp³-hybridized carbons (Fsp3) is 0. The van der Waals surface area contributed by atoms with Crippen LogP contribution in [-0.2, 0) is 19.5 Å². The average molecular weight is 257 g/mol. The fourth-order valence-electron chi connectivity index (χ4n) is 0. The van der Waals surface area contributed by atoms with E-state index in [1.807, 2.05) is 0 Å². The fourth-order valence-corrected chi connectivity index (χ4v) is 0. The Hall–Kier alpha value is 1.19. The van der Waals surface area contributed by atoms with Gasteiger partial charge in [-0.05, 0) is 0 Å². The van der Waals surface area contributed by atoms with Crippen LogP contribution in [0.2, 0.25) is 0 Å². The molecule has 1 N–H and O–H groups in total. The maximum absolute atomic E-state index is 8.73. The molecule has 6 heteroatoms. The number of hydrogen-bond donors (Lipinski definition) is 1. The van der Waals surface area contributed by atoms with E-state index >= 15 is 0 Å². The van der Waals surface area contributed by atoms with E-state index < -0.39 is 20.1 Å². The van der Waals surface area contributed by atoms with Crippen molar-refractivity contribution in [3.8, 4) is 0 Å². The van der Waals surface area contributed by atoms with Crippen molar-refractivity contribution in [2.45, 2.75) is 0 Å². The minimum atomic E-state index is -5.69. The first-order valence-electron chi connectivity index (χ1n) is 0.632. The second-order valence-corrected chi connectivity index (χ2v) is 2.66. The molecule has 0 aliphatic heterocycles. The van der Waals surface area contributed by atoms with Gasteiger partial charge in [-0.3, -0.25) is 10.3 Å². The third kappa shape index (κ3) is 64.1. The molecule has 0 saturated heterocycles. The predicted octanol–water partition coefficient (Wildman–Crippen LogP) is -7.12. The summed E-state index contributed by atoms with van der Waals surface area (Å²) in [6, 6.07) is 0. The van der Waals surface area contributed by atoms with E-state index in [9.17, 15) is 0 Å². The van der Waals surface area contributed by atoms with Crippen LogP contribution in [0, 0.1) is 0 Å². The summed E-state index contributed by atoms with van der Waals surface area (Å²) < 4.78 is 33.2. The largest absolute Gasteiger partial charge is 0.368 e. The standard InChI is InChI=1S/HIO4.Zn/c2-1(3,4)5;/h2H;. The van der Waals surface area contributed by atoms with E-state index in [2.05, 4.69) is 0 Å². The van der Waals surface area contributed by atoms with Crippen LogP contribution in [0.25, 0.3) is 0 Å². The summed E-state index contributed by atoms with van der Waals surface area (Å²) in [6.45, 7) is 0. The van der Waals surface area contributed by atoms with E-state index in [4.69, 9.17) is 13.7 Å². The van der Waals surface area contributed by atoms with Crippen molar-refractivity contribution in [3.63, 3.8) is 0 Å². The number of halogens is 1. The molecule has 0 aromatic heterocycles. The molecule has 0 aliphatic carbocycles. The van der Waals surface area contributed by atoms with Gasteiger partial charge in [-0.2, -0.15) is 0 Å². The van der Waals surface area contributed by atoms with Gasteiger partial charge in [0.2, 0.25) is 0 Å². The van der Waals surface area contributed by atoms with E-state index in [1.54, 1.807) is 0 Å². The van der Waals surface area contributed by atoms with Crippen LogP contribution >= 0.6 is 0 Å². The van der Waals surface area contributed by atoms with Crippen LogP contribution in [0.4, 0.5) is 0 Å². The van der Waals surface area contributed by atoms with Crippen LogP contribution in [0.15, 0.2) is 0 Å². The quantitative estimate of drug-likeness (QED) is 0.345. The second kappa shape index (κ2) is 3.23. The molecule has 0 aliphatic rings. The summed E-state index contributed by atoms with van der Waals surface area (Å²) in [7, 11) is 0. The molecule has 0 unspecified atom stereocenters. The summed E-state index contributed by atoms with van der Waals surface area (Å²) >= 11 is -5.69. The summed E-state index contributed by atoms with van der Waals surface area (Å²) in [4.78, 5) is 0. The van der Waals surface area contributed by atoms with Crippen LogP contribution in [0.5, 0.6) is 0 Å². The van der Waals surface area contributed by atoms with Gasteiger partial charge in [-0.1, -0.05) is 0 Å². The van der Waals surface area contributed by atoms with Gasteiger partial charge in [0.25, 0.3) is 0 Å². The van der Waals surface area contributed by atoms with Crippen molar-refractivity contribution in [1.29, 1.82) is 0 Å². The zero-order chi connectivity index (χ0) is 4.50. The first-order chi connectivity index (χ1) is 2.00. The van der Waals surface area contributed by atoms with Gasteiger partial charge < -0.3 is 0 Å². The topological polar surface area (TPSA) is 89.4 Å². The van der Waals surface area contributed by atoms with Crippen LogP contribution in [-0.4, -0.2) is 3.44 Å². The molecule has 0 fully saturated rings. The normalized spacial score (nSPS) is 10.0. The third-order valence-corrected chi connectivity index (χ3v) is 0. The van der Waals surface area contributed by atoms with E-state index in [1.165, 1.54) is 0 Å². The molecule has 0 saturated carbocycles. The molecule has 0 amide bonds. The molecule has 0 atom stereocenters. The van der Waals surface area contributed by atoms with Crippen LogP contribution in [0.3, 0.4) is 0 Å². The van der Waals surface area contributed by atoms with Gasteiger partial charge >= 0.3 is 20.1 Å². The Bertz CT molecular complexity index is 23.0. The molecule has 0 aromatic rings. The van der Waals surface area contributed by atoms with Crippen molar-refractivity contribution in [1.82, 2.24) is 0 Å². The van der Waals surface area contributed by atoms with Crippen molar-refractivity contribution in [2.24, 2.45) is 0 Å². The zero-order valence-electron chi connectivity index (χ0n) is 2.76. The molecular formula is HIO4Zn. The van der Waals surface area contributed by atoms with E-state index in [0.29, 0.717) is 0 Å². The van der Waals surface area contributed by atoms with Crippen molar-refractivity contribution in [3.05, 3.63) is 0 Å². The predicted molar refractivity (Wildman–Crippen MR) is 2.22 cm³/mol. The Labute approximate surface area is 53.3 Å². The number of rotatable bonds is 0. The first-order valence-corrected chi connectivity index (χ1v) is 4.24. The van der Waals surface area contributed by atoms with Gasteiger partial charge in [-0.15, -0.1) is 0 Å². The SMILES string of the molecule is [O-][I+3]([O-])([O-])O.[Zn]. The zero-order valence-corrected chi connectivity index (χ0v) is 7.88. The molecule has 0 radical (unpaired) electrons. The maximum Gasteiger partial charge on any atom is 0.368 e. The number of hydrogen-bond acceptors (Lipinski definition) is 4. The summed E-state index contributed by atoms with van der Waals surface area (Å²) in [5, 5.41) is 0. The Morgan fingerprint density at radius 3 is 1.17 bits per heavy atom. The molecule has 4 nitrogen and oxygen atoms in total. The van der Waals surface area contributed by atoms with Crippen LogP contribution in [0.1, 0.15) is 0 Å². The molecule has 34 valence electrons. The van der Waals surface area contributed by atoms with E-state index in [0.717, 1.165) is 0 Å². The molecule has 0 spiro atoms. The Balaban J connectivity index is 0. The summed E-state index contributed by atoms with van der Waals surface area (Å²) in [5.41, 5.74) is 0. The van der Waals surface area contributed by atoms with Gasteiger partial charge in [0.15, 0.2) is 0 Å². The van der Waals surface area contributed by atoms with Crippen LogP contribution < -0.4 is 30.4 Å². The second-order valence-electron chi connectivity index (χ2n) is 0.396. The first kappa shape index (κ1) is 10.2. The minimum absolute atomic E-state index is 0. The molecule has 0 rings (SSSR count). The Morgan fingerprint density at radius 2 is 1.17 bits per heavy atom. The van der Waals surface area contributed by atoms with Gasteiger partial charge in [0, 0.05) is 22.9 Å². The molecule has 0 aromatic carbocycles. The molecule has 0 heterocycles. The van der Waals surface area contributed by atoms with Crippen molar-refractivity contribution < 1.29 is 53.3 Å². The monoisotopic (exact) mass is 256 g/mol. The summed E-state index contributed by atoms with van der Waals surface area (Å²) in [5.74, 6) is 0. The minimum Gasteiger partial charge on any atom is -0.256 e. The molecule has 0 bridgehead atoms. The Kier molecular flexibility index (Phi) is 5.50. The van der Waals surface area contributed by atoms with Crippen molar-refractivity contribution in [2.75, 3.05) is 0 Å². The molecular weight excluding hydrogens is 256 g/mol. The van der Waals surface area contributed by atoms with Gasteiger partial charge in [-0.25, -0.2) is 0 Å². The van der Waals surface area contributed by atoms with E-state index in [-0.39, 0.29) is 19.5 Å². The maximum atomic E-state index is 8.73. The third-order valence-electron chi connectivity index (χ3n) is 0. The summed E-state index contributed by atoms with van der Waals surface area (Å²) in [6.07, 6.45) is 0. The van der Waals surface area contributed by atoms with Gasteiger partial charge in [0.1, 0.15) is 0 Å².